The fraction of sp³-hybridized carbons (Fsp3) is 0.600. The van der Waals surface area contributed by atoms with Crippen molar-refractivity contribution in [3.05, 3.63) is 35.4 Å². The zero-order valence-electron chi connectivity index (χ0n) is 11.6. The van der Waals surface area contributed by atoms with Crippen LogP contribution in [-0.2, 0) is 0 Å². The highest BCUT2D eigenvalue weighted by molar-refractivity contribution is 5.24. The Morgan fingerprint density at radius 3 is 2.47 bits per heavy atom. The monoisotopic (exact) mass is 268 g/mol. The van der Waals surface area contributed by atoms with Crippen LogP contribution >= 0.6 is 0 Å². The SMILES string of the molecule is CC1(C)CCCN(C(CN)c2c(F)cccc2F)C1. The molecule has 0 aromatic heterocycles. The van der Waals surface area contributed by atoms with E-state index in [4.69, 9.17) is 5.73 Å². The second kappa shape index (κ2) is 5.55. The topological polar surface area (TPSA) is 29.3 Å². The highest BCUT2D eigenvalue weighted by Crippen LogP contribution is 2.34. The molecule has 0 radical (unpaired) electrons. The molecule has 0 spiro atoms. The Hall–Kier alpha value is -1.00. The molecule has 2 N–H and O–H groups in total. The summed E-state index contributed by atoms with van der Waals surface area (Å²) in [5, 5.41) is 0. The Morgan fingerprint density at radius 2 is 1.95 bits per heavy atom. The Bertz CT molecular complexity index is 426. The van der Waals surface area contributed by atoms with Crippen LogP contribution in [0.5, 0.6) is 0 Å². The maximum absolute atomic E-state index is 13.9. The molecular weight excluding hydrogens is 246 g/mol. The van der Waals surface area contributed by atoms with Crippen molar-refractivity contribution in [2.45, 2.75) is 32.7 Å². The van der Waals surface area contributed by atoms with Crippen LogP contribution in [0.1, 0.15) is 38.3 Å². The minimum absolute atomic E-state index is 0.114. The van der Waals surface area contributed by atoms with Crippen molar-refractivity contribution >= 4 is 0 Å². The van der Waals surface area contributed by atoms with Gasteiger partial charge < -0.3 is 5.73 Å². The van der Waals surface area contributed by atoms with Crippen molar-refractivity contribution in [2.75, 3.05) is 19.6 Å². The number of likely N-dealkylation sites (tertiary alicyclic amines) is 1. The molecule has 106 valence electrons. The highest BCUT2D eigenvalue weighted by atomic mass is 19.1. The van der Waals surface area contributed by atoms with Crippen LogP contribution in [0.3, 0.4) is 0 Å². The van der Waals surface area contributed by atoms with Crippen molar-refractivity contribution in [1.82, 2.24) is 4.90 Å². The van der Waals surface area contributed by atoms with Gasteiger partial charge in [-0.1, -0.05) is 19.9 Å². The number of nitrogens with zero attached hydrogens (tertiary/aromatic N) is 1. The van der Waals surface area contributed by atoms with Crippen molar-refractivity contribution in [3.63, 3.8) is 0 Å². The molecule has 1 fully saturated rings. The normalized spacial score (nSPS) is 21.3. The molecule has 1 unspecified atom stereocenters. The number of benzene rings is 1. The van der Waals surface area contributed by atoms with Gasteiger partial charge in [-0.3, -0.25) is 4.90 Å². The van der Waals surface area contributed by atoms with Crippen LogP contribution in [0.2, 0.25) is 0 Å². The summed E-state index contributed by atoms with van der Waals surface area (Å²) in [6.45, 7) is 6.27. The molecule has 0 saturated carbocycles. The predicted octanol–water partition coefficient (Wildman–Crippen LogP) is 3.09. The standard InChI is InChI=1S/C15H22F2N2/c1-15(2)7-4-8-19(10-15)13(9-18)14-11(16)5-3-6-12(14)17/h3,5-6,13H,4,7-10,18H2,1-2H3. The first-order chi connectivity index (χ1) is 8.94. The van der Waals surface area contributed by atoms with Gasteiger partial charge in [0.05, 0.1) is 6.04 Å². The second-order valence-electron chi connectivity index (χ2n) is 6.13. The summed E-state index contributed by atoms with van der Waals surface area (Å²) < 4.78 is 27.8. The summed E-state index contributed by atoms with van der Waals surface area (Å²) in [6.07, 6.45) is 2.18. The Kier molecular flexibility index (Phi) is 4.21. The quantitative estimate of drug-likeness (QED) is 0.912. The van der Waals surface area contributed by atoms with Gasteiger partial charge in [-0.05, 0) is 36.9 Å². The Balaban J connectivity index is 2.29. The van der Waals surface area contributed by atoms with Gasteiger partial charge in [0.2, 0.25) is 0 Å². The largest absolute Gasteiger partial charge is 0.329 e. The van der Waals surface area contributed by atoms with Crippen LogP contribution < -0.4 is 5.73 Å². The van der Waals surface area contributed by atoms with Gasteiger partial charge in [-0.2, -0.15) is 0 Å². The Labute approximate surface area is 113 Å². The minimum atomic E-state index is -0.501. The molecule has 2 rings (SSSR count). The number of hydrogen-bond donors (Lipinski definition) is 1. The van der Waals surface area contributed by atoms with Gasteiger partial charge in [0.15, 0.2) is 0 Å². The number of rotatable bonds is 3. The van der Waals surface area contributed by atoms with Crippen molar-refractivity contribution in [1.29, 1.82) is 0 Å². The van der Waals surface area contributed by atoms with Crippen LogP contribution in [0, 0.1) is 17.0 Å². The third kappa shape index (κ3) is 3.12. The van der Waals surface area contributed by atoms with E-state index in [1.807, 2.05) is 0 Å². The van der Waals surface area contributed by atoms with E-state index in [-0.39, 0.29) is 23.6 Å². The Morgan fingerprint density at radius 1 is 1.32 bits per heavy atom. The van der Waals surface area contributed by atoms with Crippen LogP contribution in [0.4, 0.5) is 8.78 Å². The molecule has 4 heteroatoms. The summed E-state index contributed by atoms with van der Waals surface area (Å²) in [6, 6.07) is 3.62. The molecule has 1 heterocycles. The van der Waals surface area contributed by atoms with E-state index >= 15 is 0 Å². The second-order valence-corrected chi connectivity index (χ2v) is 6.13. The number of halogens is 2. The van der Waals surface area contributed by atoms with Gasteiger partial charge in [0.1, 0.15) is 11.6 Å². The fourth-order valence-electron chi connectivity index (χ4n) is 3.01. The zero-order chi connectivity index (χ0) is 14.0. The lowest BCUT2D eigenvalue weighted by Crippen LogP contribution is -2.44. The lowest BCUT2D eigenvalue weighted by molar-refractivity contribution is 0.0777. The summed E-state index contributed by atoms with van der Waals surface area (Å²) in [5.41, 5.74) is 6.07. The molecule has 1 aliphatic rings. The van der Waals surface area contributed by atoms with Crippen molar-refractivity contribution in [3.8, 4) is 0 Å². The van der Waals surface area contributed by atoms with Crippen LogP contribution in [0.15, 0.2) is 18.2 Å². The summed E-state index contributed by atoms with van der Waals surface area (Å²) >= 11 is 0. The van der Waals surface area contributed by atoms with E-state index in [2.05, 4.69) is 18.7 Å². The van der Waals surface area contributed by atoms with Crippen LogP contribution in [0.25, 0.3) is 0 Å². The lowest BCUT2D eigenvalue weighted by atomic mass is 9.83. The van der Waals surface area contributed by atoms with Gasteiger partial charge in [-0.25, -0.2) is 8.78 Å². The number of hydrogen-bond acceptors (Lipinski definition) is 2. The van der Waals surface area contributed by atoms with Crippen LogP contribution in [-0.4, -0.2) is 24.5 Å². The van der Waals surface area contributed by atoms with E-state index in [0.717, 1.165) is 25.9 Å². The third-order valence-electron chi connectivity index (χ3n) is 3.93. The molecule has 0 bridgehead atoms. The smallest absolute Gasteiger partial charge is 0.130 e. The minimum Gasteiger partial charge on any atom is -0.329 e. The lowest BCUT2D eigenvalue weighted by Gasteiger charge is -2.42. The van der Waals surface area contributed by atoms with Crippen molar-refractivity contribution in [2.24, 2.45) is 11.1 Å². The molecule has 2 nitrogen and oxygen atoms in total. The van der Waals surface area contributed by atoms with Gasteiger partial charge in [-0.15, -0.1) is 0 Å². The van der Waals surface area contributed by atoms with Gasteiger partial charge in [0, 0.05) is 18.7 Å². The molecule has 1 saturated heterocycles. The van der Waals surface area contributed by atoms with E-state index in [1.54, 1.807) is 0 Å². The van der Waals surface area contributed by atoms with E-state index in [9.17, 15) is 8.78 Å². The molecule has 1 atom stereocenters. The summed E-state index contributed by atoms with van der Waals surface area (Å²) in [7, 11) is 0. The zero-order valence-corrected chi connectivity index (χ0v) is 11.6. The number of nitrogens with two attached hydrogens (primary N) is 1. The first-order valence-electron chi connectivity index (χ1n) is 6.82. The molecular formula is C15H22F2N2. The van der Waals surface area contributed by atoms with E-state index < -0.39 is 11.6 Å². The maximum Gasteiger partial charge on any atom is 0.130 e. The van der Waals surface area contributed by atoms with Crippen molar-refractivity contribution < 1.29 is 8.78 Å². The van der Waals surface area contributed by atoms with E-state index in [1.165, 1.54) is 18.2 Å². The third-order valence-corrected chi connectivity index (χ3v) is 3.93. The first-order valence-corrected chi connectivity index (χ1v) is 6.82. The molecule has 1 aromatic carbocycles. The summed E-state index contributed by atoms with van der Waals surface area (Å²) in [5.74, 6) is -1.00. The van der Waals surface area contributed by atoms with E-state index in [0.29, 0.717) is 0 Å². The van der Waals surface area contributed by atoms with Gasteiger partial charge >= 0.3 is 0 Å². The summed E-state index contributed by atoms with van der Waals surface area (Å²) in [4.78, 5) is 2.12. The maximum atomic E-state index is 13.9. The molecule has 1 aliphatic heterocycles. The van der Waals surface area contributed by atoms with Gasteiger partial charge in [0.25, 0.3) is 0 Å². The molecule has 0 amide bonds. The predicted molar refractivity (Wildman–Crippen MR) is 72.7 cm³/mol. The molecule has 19 heavy (non-hydrogen) atoms. The first kappa shape index (κ1) is 14.4. The highest BCUT2D eigenvalue weighted by Gasteiger charge is 2.32. The average molecular weight is 268 g/mol. The molecule has 0 aliphatic carbocycles. The average Bonchev–Trinajstić information content (AvgIpc) is 2.32. The number of piperidine rings is 1. The molecule has 1 aromatic rings. The fourth-order valence-corrected chi connectivity index (χ4v) is 3.01.